The number of aromatic amines is 1. The molecular formula is C10H17N3O. The van der Waals surface area contributed by atoms with Gasteiger partial charge in [-0.3, -0.25) is 9.89 Å². The summed E-state index contributed by atoms with van der Waals surface area (Å²) in [6.07, 6.45) is 5.48. The summed E-state index contributed by atoms with van der Waals surface area (Å²) in [6, 6.07) is 0. The van der Waals surface area contributed by atoms with Gasteiger partial charge in [-0.15, -0.1) is 0 Å². The molecule has 0 fully saturated rings. The lowest BCUT2D eigenvalue weighted by molar-refractivity contribution is -0.116. The Morgan fingerprint density at radius 3 is 2.93 bits per heavy atom. The average molecular weight is 195 g/mol. The first-order valence-electron chi connectivity index (χ1n) is 5.04. The molecule has 2 N–H and O–H groups in total. The lowest BCUT2D eigenvalue weighted by atomic mass is 10.2. The van der Waals surface area contributed by atoms with Gasteiger partial charge in [-0.2, -0.15) is 5.10 Å². The van der Waals surface area contributed by atoms with Gasteiger partial charge in [0, 0.05) is 12.0 Å². The first-order chi connectivity index (χ1) is 6.74. The van der Waals surface area contributed by atoms with Crippen LogP contribution >= 0.6 is 0 Å². The highest BCUT2D eigenvalue weighted by Gasteiger charge is 2.04. The van der Waals surface area contributed by atoms with E-state index >= 15 is 0 Å². The van der Waals surface area contributed by atoms with Gasteiger partial charge in [0.2, 0.25) is 5.91 Å². The smallest absolute Gasteiger partial charge is 0.225 e. The van der Waals surface area contributed by atoms with Crippen molar-refractivity contribution in [1.29, 1.82) is 0 Å². The predicted molar refractivity (Wildman–Crippen MR) is 56.1 cm³/mol. The van der Waals surface area contributed by atoms with E-state index in [-0.39, 0.29) is 5.91 Å². The van der Waals surface area contributed by atoms with Gasteiger partial charge in [0.15, 0.2) is 0 Å². The normalized spacial score (nSPS) is 10.1. The van der Waals surface area contributed by atoms with Crippen LogP contribution in [0.2, 0.25) is 0 Å². The van der Waals surface area contributed by atoms with E-state index in [1.807, 2.05) is 6.92 Å². The maximum atomic E-state index is 11.4. The SMILES string of the molecule is CCCCCC(=O)Nc1[nH]ncc1C. The zero-order valence-electron chi connectivity index (χ0n) is 8.76. The number of carbonyl (C=O) groups is 1. The van der Waals surface area contributed by atoms with Crippen molar-refractivity contribution in [2.24, 2.45) is 0 Å². The van der Waals surface area contributed by atoms with Crippen molar-refractivity contribution in [3.8, 4) is 0 Å². The predicted octanol–water partition coefficient (Wildman–Crippen LogP) is 2.24. The molecule has 0 aliphatic heterocycles. The monoisotopic (exact) mass is 195 g/mol. The van der Waals surface area contributed by atoms with E-state index in [9.17, 15) is 4.79 Å². The molecule has 14 heavy (non-hydrogen) atoms. The van der Waals surface area contributed by atoms with Gasteiger partial charge in [-0.05, 0) is 13.3 Å². The highest BCUT2D eigenvalue weighted by Crippen LogP contribution is 2.09. The third-order valence-corrected chi connectivity index (χ3v) is 2.10. The number of nitrogens with zero attached hydrogens (tertiary/aromatic N) is 1. The fourth-order valence-corrected chi connectivity index (χ4v) is 1.21. The molecule has 0 saturated heterocycles. The number of amides is 1. The molecule has 4 heteroatoms. The van der Waals surface area contributed by atoms with Gasteiger partial charge < -0.3 is 5.32 Å². The molecule has 0 bridgehead atoms. The van der Waals surface area contributed by atoms with Crippen molar-refractivity contribution < 1.29 is 4.79 Å². The molecule has 1 heterocycles. The number of anilines is 1. The zero-order chi connectivity index (χ0) is 10.4. The van der Waals surface area contributed by atoms with Gasteiger partial charge in [-0.25, -0.2) is 0 Å². The zero-order valence-corrected chi connectivity index (χ0v) is 8.76. The van der Waals surface area contributed by atoms with Gasteiger partial charge in [-0.1, -0.05) is 19.8 Å². The summed E-state index contributed by atoms with van der Waals surface area (Å²) in [5.74, 6) is 0.775. The number of nitrogens with one attached hydrogen (secondary N) is 2. The second kappa shape index (κ2) is 5.42. The van der Waals surface area contributed by atoms with Crippen LogP contribution in [0.3, 0.4) is 0 Å². The number of aryl methyl sites for hydroxylation is 1. The molecule has 0 unspecified atom stereocenters. The first-order valence-corrected chi connectivity index (χ1v) is 5.04. The van der Waals surface area contributed by atoms with Crippen LogP contribution < -0.4 is 5.32 Å². The third kappa shape index (κ3) is 3.20. The molecule has 0 radical (unpaired) electrons. The molecule has 0 saturated carbocycles. The number of hydrogen-bond acceptors (Lipinski definition) is 2. The lowest BCUT2D eigenvalue weighted by Crippen LogP contribution is -2.12. The van der Waals surface area contributed by atoms with Crippen LogP contribution in [0.25, 0.3) is 0 Å². The Morgan fingerprint density at radius 1 is 1.57 bits per heavy atom. The highest BCUT2D eigenvalue weighted by molar-refractivity contribution is 5.90. The molecule has 4 nitrogen and oxygen atoms in total. The van der Waals surface area contributed by atoms with Crippen molar-refractivity contribution in [3.63, 3.8) is 0 Å². The molecule has 0 aliphatic carbocycles. The van der Waals surface area contributed by atoms with Crippen LogP contribution in [0.5, 0.6) is 0 Å². The van der Waals surface area contributed by atoms with Crippen molar-refractivity contribution in [2.75, 3.05) is 5.32 Å². The minimum absolute atomic E-state index is 0.0609. The van der Waals surface area contributed by atoms with Crippen LogP contribution in [0.4, 0.5) is 5.82 Å². The fourth-order valence-electron chi connectivity index (χ4n) is 1.21. The van der Waals surface area contributed by atoms with Crippen LogP contribution in [-0.2, 0) is 4.79 Å². The van der Waals surface area contributed by atoms with E-state index in [4.69, 9.17) is 0 Å². The minimum atomic E-state index is 0.0609. The number of carbonyl (C=O) groups excluding carboxylic acids is 1. The van der Waals surface area contributed by atoms with E-state index in [0.717, 1.165) is 24.8 Å². The minimum Gasteiger partial charge on any atom is -0.311 e. The molecular weight excluding hydrogens is 178 g/mol. The van der Waals surface area contributed by atoms with E-state index in [1.54, 1.807) is 6.20 Å². The summed E-state index contributed by atoms with van der Waals surface area (Å²) >= 11 is 0. The maximum Gasteiger partial charge on any atom is 0.225 e. The topological polar surface area (TPSA) is 57.8 Å². The molecule has 78 valence electrons. The van der Waals surface area contributed by atoms with Gasteiger partial charge in [0.05, 0.1) is 6.20 Å². The second-order valence-corrected chi connectivity index (χ2v) is 3.43. The Hall–Kier alpha value is -1.32. The Bertz CT molecular complexity index is 293. The number of aromatic nitrogens is 2. The van der Waals surface area contributed by atoms with Crippen molar-refractivity contribution >= 4 is 11.7 Å². The van der Waals surface area contributed by atoms with Crippen LogP contribution in [0.15, 0.2) is 6.20 Å². The Balaban J connectivity index is 2.31. The van der Waals surface area contributed by atoms with Gasteiger partial charge >= 0.3 is 0 Å². The molecule has 1 aromatic rings. The summed E-state index contributed by atoms with van der Waals surface area (Å²) in [6.45, 7) is 4.03. The molecule has 0 spiro atoms. The van der Waals surface area contributed by atoms with Crippen LogP contribution in [0, 0.1) is 6.92 Å². The number of H-pyrrole nitrogens is 1. The molecule has 0 aliphatic rings. The largest absolute Gasteiger partial charge is 0.311 e. The van der Waals surface area contributed by atoms with Crippen molar-refractivity contribution in [2.45, 2.75) is 39.5 Å². The average Bonchev–Trinajstić information content (AvgIpc) is 2.52. The van der Waals surface area contributed by atoms with E-state index in [2.05, 4.69) is 22.4 Å². The first kappa shape index (κ1) is 10.8. The molecule has 1 aromatic heterocycles. The summed E-state index contributed by atoms with van der Waals surface area (Å²) < 4.78 is 0. The molecule has 0 aromatic carbocycles. The summed E-state index contributed by atoms with van der Waals surface area (Å²) in [7, 11) is 0. The van der Waals surface area contributed by atoms with Crippen LogP contribution in [0.1, 0.15) is 38.2 Å². The Kier molecular flexibility index (Phi) is 4.16. The number of hydrogen-bond donors (Lipinski definition) is 2. The van der Waals surface area contributed by atoms with Crippen LogP contribution in [-0.4, -0.2) is 16.1 Å². The Morgan fingerprint density at radius 2 is 2.36 bits per heavy atom. The molecule has 0 atom stereocenters. The quantitative estimate of drug-likeness (QED) is 0.708. The Labute approximate surface area is 84.1 Å². The molecule has 1 rings (SSSR count). The number of unbranched alkanes of at least 4 members (excludes halogenated alkanes) is 2. The van der Waals surface area contributed by atoms with Crippen molar-refractivity contribution in [1.82, 2.24) is 10.2 Å². The maximum absolute atomic E-state index is 11.4. The number of rotatable bonds is 5. The summed E-state index contributed by atoms with van der Waals surface area (Å²) in [5.41, 5.74) is 0.967. The second-order valence-electron chi connectivity index (χ2n) is 3.43. The van der Waals surface area contributed by atoms with Crippen molar-refractivity contribution in [3.05, 3.63) is 11.8 Å². The standard InChI is InChI=1S/C10H17N3O/c1-3-4-5-6-9(14)12-10-8(2)7-11-13-10/h7H,3-6H2,1-2H3,(H2,11,12,13,14). The highest BCUT2D eigenvalue weighted by atomic mass is 16.1. The van der Waals surface area contributed by atoms with Gasteiger partial charge in [0.25, 0.3) is 0 Å². The van der Waals surface area contributed by atoms with E-state index in [1.165, 1.54) is 0 Å². The third-order valence-electron chi connectivity index (χ3n) is 2.10. The van der Waals surface area contributed by atoms with E-state index < -0.39 is 0 Å². The van der Waals surface area contributed by atoms with E-state index in [0.29, 0.717) is 12.2 Å². The fraction of sp³-hybridized carbons (Fsp3) is 0.600. The summed E-state index contributed by atoms with van der Waals surface area (Å²) in [4.78, 5) is 11.4. The lowest BCUT2D eigenvalue weighted by Gasteiger charge is -2.02. The molecule has 1 amide bonds. The van der Waals surface area contributed by atoms with Gasteiger partial charge in [0.1, 0.15) is 5.82 Å². The summed E-state index contributed by atoms with van der Waals surface area (Å²) in [5, 5.41) is 9.37.